The summed E-state index contributed by atoms with van der Waals surface area (Å²) in [6, 6.07) is 10.7. The molecule has 0 bridgehead atoms. The van der Waals surface area contributed by atoms with Gasteiger partial charge in [0.15, 0.2) is 0 Å². The van der Waals surface area contributed by atoms with Crippen molar-refractivity contribution in [2.24, 2.45) is 0 Å². The van der Waals surface area contributed by atoms with Crippen LogP contribution in [0.25, 0.3) is 11.3 Å². The lowest BCUT2D eigenvalue weighted by Gasteiger charge is -2.11. The predicted molar refractivity (Wildman–Crippen MR) is 89.7 cm³/mol. The van der Waals surface area contributed by atoms with Gasteiger partial charge in [0, 0.05) is 24.1 Å². The molecular formula is C18H25N3. The third-order valence-electron chi connectivity index (χ3n) is 3.47. The maximum atomic E-state index is 4.72. The molecule has 1 heterocycles. The summed E-state index contributed by atoms with van der Waals surface area (Å²) in [5.41, 5.74) is 3.49. The number of aryl methyl sites for hydroxylation is 1. The van der Waals surface area contributed by atoms with Crippen molar-refractivity contribution in [3.8, 4) is 11.3 Å². The van der Waals surface area contributed by atoms with Crippen molar-refractivity contribution in [2.45, 2.75) is 46.5 Å². The Morgan fingerprint density at radius 2 is 1.76 bits per heavy atom. The van der Waals surface area contributed by atoms with E-state index in [0.29, 0.717) is 5.92 Å². The van der Waals surface area contributed by atoms with E-state index < -0.39 is 0 Å². The van der Waals surface area contributed by atoms with Gasteiger partial charge >= 0.3 is 0 Å². The minimum atomic E-state index is 0.321. The first-order valence-corrected chi connectivity index (χ1v) is 7.86. The SMILES string of the molecule is CCCNc1cc(-c2ccc(CC)cc2)nc(C(C)C)n1. The molecule has 112 valence electrons. The molecule has 1 aromatic heterocycles. The van der Waals surface area contributed by atoms with E-state index in [4.69, 9.17) is 4.98 Å². The van der Waals surface area contributed by atoms with Crippen LogP contribution in [0.1, 0.15) is 51.4 Å². The van der Waals surface area contributed by atoms with E-state index >= 15 is 0 Å². The maximum Gasteiger partial charge on any atom is 0.133 e. The Bertz CT molecular complexity index is 574. The highest BCUT2D eigenvalue weighted by molar-refractivity contribution is 5.63. The molecule has 3 nitrogen and oxygen atoms in total. The van der Waals surface area contributed by atoms with Crippen LogP contribution in [0.15, 0.2) is 30.3 Å². The molecule has 0 unspecified atom stereocenters. The number of hydrogen-bond donors (Lipinski definition) is 1. The molecule has 0 aliphatic heterocycles. The average molecular weight is 283 g/mol. The van der Waals surface area contributed by atoms with Crippen LogP contribution in [0.3, 0.4) is 0 Å². The molecule has 0 fully saturated rings. The Hall–Kier alpha value is -1.90. The maximum absolute atomic E-state index is 4.72. The monoisotopic (exact) mass is 283 g/mol. The van der Waals surface area contributed by atoms with E-state index in [1.54, 1.807) is 0 Å². The Morgan fingerprint density at radius 1 is 1.05 bits per heavy atom. The van der Waals surface area contributed by atoms with Crippen molar-refractivity contribution in [2.75, 3.05) is 11.9 Å². The molecule has 0 atom stereocenters. The molecule has 1 aromatic carbocycles. The summed E-state index contributed by atoms with van der Waals surface area (Å²) in [6.07, 6.45) is 2.14. The second-order valence-electron chi connectivity index (χ2n) is 5.63. The molecule has 0 saturated carbocycles. The number of hydrogen-bond acceptors (Lipinski definition) is 3. The molecule has 2 aromatic rings. The number of nitrogens with one attached hydrogen (secondary N) is 1. The average Bonchev–Trinajstić information content (AvgIpc) is 2.52. The Kier molecular flexibility index (Phi) is 5.32. The quantitative estimate of drug-likeness (QED) is 0.838. The standard InChI is InChI=1S/C18H25N3/c1-5-11-19-17-12-16(20-18(21-17)13(3)4)15-9-7-14(6-2)8-10-15/h7-10,12-13H,5-6,11H2,1-4H3,(H,19,20,21). The van der Waals surface area contributed by atoms with Crippen molar-refractivity contribution >= 4 is 5.82 Å². The highest BCUT2D eigenvalue weighted by Gasteiger charge is 2.09. The molecule has 2 rings (SSSR count). The predicted octanol–water partition coefficient (Wildman–Crippen LogP) is 4.65. The summed E-state index contributed by atoms with van der Waals surface area (Å²) in [4.78, 5) is 9.32. The van der Waals surface area contributed by atoms with E-state index in [1.807, 2.05) is 6.07 Å². The molecule has 0 aliphatic rings. The number of anilines is 1. The van der Waals surface area contributed by atoms with E-state index in [0.717, 1.165) is 42.3 Å². The molecule has 0 aliphatic carbocycles. The van der Waals surface area contributed by atoms with Gasteiger partial charge in [-0.15, -0.1) is 0 Å². The summed E-state index contributed by atoms with van der Waals surface area (Å²) in [5.74, 6) is 2.14. The lowest BCUT2D eigenvalue weighted by molar-refractivity contribution is 0.775. The molecule has 1 N–H and O–H groups in total. The van der Waals surface area contributed by atoms with E-state index in [1.165, 1.54) is 5.56 Å². The summed E-state index contributed by atoms with van der Waals surface area (Å²) < 4.78 is 0. The van der Waals surface area contributed by atoms with Gasteiger partial charge in [0.1, 0.15) is 11.6 Å². The van der Waals surface area contributed by atoms with Crippen LogP contribution < -0.4 is 5.32 Å². The topological polar surface area (TPSA) is 37.8 Å². The normalized spacial score (nSPS) is 10.9. The second kappa shape index (κ2) is 7.21. The molecule has 21 heavy (non-hydrogen) atoms. The smallest absolute Gasteiger partial charge is 0.133 e. The highest BCUT2D eigenvalue weighted by Crippen LogP contribution is 2.23. The first kappa shape index (κ1) is 15.5. The summed E-state index contributed by atoms with van der Waals surface area (Å²) >= 11 is 0. The van der Waals surface area contributed by atoms with Crippen LogP contribution in [0.5, 0.6) is 0 Å². The van der Waals surface area contributed by atoms with Crippen LogP contribution in [0.2, 0.25) is 0 Å². The van der Waals surface area contributed by atoms with Crippen molar-refractivity contribution in [3.05, 3.63) is 41.7 Å². The lowest BCUT2D eigenvalue weighted by atomic mass is 10.1. The molecular weight excluding hydrogens is 258 g/mol. The minimum Gasteiger partial charge on any atom is -0.370 e. The Balaban J connectivity index is 2.37. The van der Waals surface area contributed by atoms with Crippen LogP contribution >= 0.6 is 0 Å². The van der Waals surface area contributed by atoms with Gasteiger partial charge in [0.2, 0.25) is 0 Å². The summed E-state index contributed by atoms with van der Waals surface area (Å²) in [5, 5.41) is 3.37. The first-order chi connectivity index (χ1) is 10.1. The van der Waals surface area contributed by atoms with E-state index in [9.17, 15) is 0 Å². The number of nitrogens with zero attached hydrogens (tertiary/aromatic N) is 2. The van der Waals surface area contributed by atoms with E-state index in [-0.39, 0.29) is 0 Å². The number of aromatic nitrogens is 2. The van der Waals surface area contributed by atoms with Gasteiger partial charge in [-0.3, -0.25) is 0 Å². The Labute approximate surface area is 127 Å². The van der Waals surface area contributed by atoms with Gasteiger partial charge in [0.05, 0.1) is 5.69 Å². The van der Waals surface area contributed by atoms with Crippen molar-refractivity contribution in [1.29, 1.82) is 0 Å². The first-order valence-electron chi connectivity index (χ1n) is 7.86. The molecule has 0 spiro atoms. The molecule has 0 amide bonds. The second-order valence-corrected chi connectivity index (χ2v) is 5.63. The number of rotatable bonds is 6. The zero-order valence-electron chi connectivity index (χ0n) is 13.5. The minimum absolute atomic E-state index is 0.321. The van der Waals surface area contributed by atoms with Gasteiger partial charge in [0.25, 0.3) is 0 Å². The van der Waals surface area contributed by atoms with Crippen molar-refractivity contribution < 1.29 is 0 Å². The fourth-order valence-electron chi connectivity index (χ4n) is 2.13. The van der Waals surface area contributed by atoms with E-state index in [2.05, 4.69) is 62.3 Å². The highest BCUT2D eigenvalue weighted by atomic mass is 15.0. The van der Waals surface area contributed by atoms with Crippen LogP contribution in [0.4, 0.5) is 5.82 Å². The largest absolute Gasteiger partial charge is 0.370 e. The molecule has 0 saturated heterocycles. The zero-order valence-corrected chi connectivity index (χ0v) is 13.5. The van der Waals surface area contributed by atoms with Crippen molar-refractivity contribution in [1.82, 2.24) is 9.97 Å². The zero-order chi connectivity index (χ0) is 15.2. The van der Waals surface area contributed by atoms with Crippen LogP contribution in [0, 0.1) is 0 Å². The fourth-order valence-corrected chi connectivity index (χ4v) is 2.13. The Morgan fingerprint density at radius 3 is 2.33 bits per heavy atom. The van der Waals surface area contributed by atoms with Gasteiger partial charge in [-0.25, -0.2) is 9.97 Å². The molecule has 3 heteroatoms. The third-order valence-corrected chi connectivity index (χ3v) is 3.47. The van der Waals surface area contributed by atoms with Gasteiger partial charge in [-0.1, -0.05) is 52.0 Å². The molecule has 0 radical (unpaired) electrons. The summed E-state index contributed by atoms with van der Waals surface area (Å²) in [6.45, 7) is 9.51. The van der Waals surface area contributed by atoms with Crippen molar-refractivity contribution in [3.63, 3.8) is 0 Å². The van der Waals surface area contributed by atoms with Gasteiger partial charge in [-0.2, -0.15) is 0 Å². The summed E-state index contributed by atoms with van der Waals surface area (Å²) in [7, 11) is 0. The van der Waals surface area contributed by atoms with Crippen LogP contribution in [-0.4, -0.2) is 16.5 Å². The number of benzene rings is 1. The lowest BCUT2D eigenvalue weighted by Crippen LogP contribution is -2.07. The van der Waals surface area contributed by atoms with Gasteiger partial charge in [-0.05, 0) is 18.4 Å². The van der Waals surface area contributed by atoms with Crippen LogP contribution in [-0.2, 0) is 6.42 Å². The van der Waals surface area contributed by atoms with Gasteiger partial charge < -0.3 is 5.32 Å². The third kappa shape index (κ3) is 4.03. The fraction of sp³-hybridized carbons (Fsp3) is 0.444.